The number of hydroxylamine groups is 1. The van der Waals surface area contributed by atoms with Crippen molar-refractivity contribution in [2.75, 3.05) is 46.0 Å². The number of nitrogens with one attached hydrogen (secondary N) is 1. The molecule has 1 saturated heterocycles. The van der Waals surface area contributed by atoms with E-state index in [-0.39, 0.29) is 5.91 Å². The summed E-state index contributed by atoms with van der Waals surface area (Å²) in [4.78, 5) is 19.0. The van der Waals surface area contributed by atoms with E-state index >= 15 is 0 Å². The lowest BCUT2D eigenvalue weighted by atomic mass is 10.1. The second-order valence-electron chi connectivity index (χ2n) is 5.13. The van der Waals surface area contributed by atoms with Crippen LogP contribution >= 0.6 is 0 Å². The van der Waals surface area contributed by atoms with Gasteiger partial charge in [-0.05, 0) is 19.4 Å². The van der Waals surface area contributed by atoms with Gasteiger partial charge in [0.2, 0.25) is 5.91 Å². The summed E-state index contributed by atoms with van der Waals surface area (Å²) in [5.41, 5.74) is 7.93. The van der Waals surface area contributed by atoms with Crippen LogP contribution in [0, 0.1) is 0 Å². The third-order valence-electron chi connectivity index (χ3n) is 3.41. The predicted molar refractivity (Wildman–Crippen MR) is 78.1 cm³/mol. The molecule has 0 aliphatic carbocycles. The Bertz CT molecular complexity index is 246. The number of hydrogen-bond donors (Lipinski definition) is 2. The smallest absolute Gasteiger partial charge is 0.243 e. The third kappa shape index (κ3) is 9.25. The van der Waals surface area contributed by atoms with Crippen molar-refractivity contribution >= 4 is 5.91 Å². The minimum Gasteiger partial charge on any atom is -0.379 e. The SMILES string of the molecule is NCCCCCCCC(=O)NOCCN1CCOCC1. The number of nitrogens with two attached hydrogens (primary N) is 1. The summed E-state index contributed by atoms with van der Waals surface area (Å²) in [5.74, 6) is -0.0224. The highest BCUT2D eigenvalue weighted by atomic mass is 16.7. The van der Waals surface area contributed by atoms with E-state index in [4.69, 9.17) is 15.3 Å². The van der Waals surface area contributed by atoms with Gasteiger partial charge in [0.25, 0.3) is 0 Å². The van der Waals surface area contributed by atoms with E-state index in [0.29, 0.717) is 13.0 Å². The van der Waals surface area contributed by atoms with Gasteiger partial charge >= 0.3 is 0 Å². The van der Waals surface area contributed by atoms with E-state index in [0.717, 1.165) is 71.5 Å². The Labute approximate surface area is 121 Å². The minimum absolute atomic E-state index is 0.0224. The van der Waals surface area contributed by atoms with Gasteiger partial charge in [-0.25, -0.2) is 5.48 Å². The largest absolute Gasteiger partial charge is 0.379 e. The molecule has 1 amide bonds. The molecule has 1 aliphatic rings. The van der Waals surface area contributed by atoms with Crippen molar-refractivity contribution in [3.8, 4) is 0 Å². The Hall–Kier alpha value is -0.690. The number of morpholine rings is 1. The molecular weight excluding hydrogens is 258 g/mol. The molecule has 1 aliphatic heterocycles. The van der Waals surface area contributed by atoms with Crippen LogP contribution in [0.3, 0.4) is 0 Å². The lowest BCUT2D eigenvalue weighted by molar-refractivity contribution is -0.134. The first-order valence-electron chi connectivity index (χ1n) is 7.73. The molecule has 0 unspecified atom stereocenters. The summed E-state index contributed by atoms with van der Waals surface area (Å²) >= 11 is 0. The van der Waals surface area contributed by atoms with Crippen molar-refractivity contribution in [1.82, 2.24) is 10.4 Å². The lowest BCUT2D eigenvalue weighted by Gasteiger charge is -2.26. The maximum atomic E-state index is 11.5. The van der Waals surface area contributed by atoms with Gasteiger partial charge < -0.3 is 10.5 Å². The molecule has 3 N–H and O–H groups in total. The second kappa shape index (κ2) is 12.1. The average molecular weight is 287 g/mol. The highest BCUT2D eigenvalue weighted by molar-refractivity contribution is 5.74. The van der Waals surface area contributed by atoms with Gasteiger partial charge in [0.1, 0.15) is 0 Å². The molecule has 0 bridgehead atoms. The van der Waals surface area contributed by atoms with Crippen LogP contribution in [0.4, 0.5) is 0 Å². The van der Waals surface area contributed by atoms with Gasteiger partial charge in [-0.2, -0.15) is 0 Å². The number of ether oxygens (including phenoxy) is 1. The van der Waals surface area contributed by atoms with Crippen LogP contribution < -0.4 is 11.2 Å². The van der Waals surface area contributed by atoms with Crippen LogP contribution in [-0.2, 0) is 14.4 Å². The van der Waals surface area contributed by atoms with E-state index in [1.807, 2.05) is 0 Å². The van der Waals surface area contributed by atoms with Crippen LogP contribution in [-0.4, -0.2) is 56.8 Å². The Morgan fingerprint density at radius 1 is 1.15 bits per heavy atom. The molecule has 1 fully saturated rings. The molecule has 0 atom stereocenters. The lowest BCUT2D eigenvalue weighted by Crippen LogP contribution is -2.39. The molecule has 0 aromatic heterocycles. The fourth-order valence-electron chi connectivity index (χ4n) is 2.14. The summed E-state index contributed by atoms with van der Waals surface area (Å²) in [6.45, 7) is 5.59. The highest BCUT2D eigenvalue weighted by Crippen LogP contribution is 2.04. The van der Waals surface area contributed by atoms with Crippen LogP contribution in [0.1, 0.15) is 38.5 Å². The van der Waals surface area contributed by atoms with Gasteiger partial charge in [0.15, 0.2) is 0 Å². The molecule has 6 nitrogen and oxygen atoms in total. The first kappa shape index (κ1) is 17.4. The molecule has 1 rings (SSSR count). The molecule has 118 valence electrons. The maximum Gasteiger partial charge on any atom is 0.243 e. The van der Waals surface area contributed by atoms with Crippen molar-refractivity contribution in [1.29, 1.82) is 0 Å². The fourth-order valence-corrected chi connectivity index (χ4v) is 2.14. The van der Waals surface area contributed by atoms with Gasteiger partial charge in [-0.3, -0.25) is 14.5 Å². The Morgan fingerprint density at radius 2 is 1.85 bits per heavy atom. The zero-order valence-corrected chi connectivity index (χ0v) is 12.4. The number of amides is 1. The number of unbranched alkanes of at least 4 members (excludes halogenated alkanes) is 4. The van der Waals surface area contributed by atoms with Crippen LogP contribution in [0.15, 0.2) is 0 Å². The average Bonchev–Trinajstić information content (AvgIpc) is 2.48. The van der Waals surface area contributed by atoms with Gasteiger partial charge in [0.05, 0.1) is 19.8 Å². The van der Waals surface area contributed by atoms with Crippen molar-refractivity contribution in [2.24, 2.45) is 5.73 Å². The molecule has 0 spiro atoms. The predicted octanol–water partition coefficient (Wildman–Crippen LogP) is 0.666. The van der Waals surface area contributed by atoms with E-state index in [9.17, 15) is 4.79 Å². The van der Waals surface area contributed by atoms with Crippen molar-refractivity contribution in [3.63, 3.8) is 0 Å². The van der Waals surface area contributed by atoms with E-state index in [1.165, 1.54) is 0 Å². The third-order valence-corrected chi connectivity index (χ3v) is 3.41. The first-order valence-corrected chi connectivity index (χ1v) is 7.73. The number of carbonyl (C=O) groups is 1. The molecular formula is C14H29N3O3. The highest BCUT2D eigenvalue weighted by Gasteiger charge is 2.09. The quantitative estimate of drug-likeness (QED) is 0.431. The summed E-state index contributed by atoms with van der Waals surface area (Å²) in [5, 5.41) is 0. The molecule has 0 saturated carbocycles. The van der Waals surface area contributed by atoms with Crippen molar-refractivity contribution in [3.05, 3.63) is 0 Å². The summed E-state index contributed by atoms with van der Waals surface area (Å²) in [6, 6.07) is 0. The fraction of sp³-hybridized carbons (Fsp3) is 0.929. The number of rotatable bonds is 11. The standard InChI is InChI=1S/C14H29N3O3/c15-7-5-3-1-2-4-6-14(18)16-20-13-10-17-8-11-19-12-9-17/h1-13,15H2,(H,16,18). The van der Waals surface area contributed by atoms with E-state index < -0.39 is 0 Å². The van der Waals surface area contributed by atoms with Gasteiger partial charge in [-0.15, -0.1) is 0 Å². The summed E-state index contributed by atoms with van der Waals surface area (Å²) < 4.78 is 5.26. The van der Waals surface area contributed by atoms with Crippen LogP contribution in [0.2, 0.25) is 0 Å². The second-order valence-corrected chi connectivity index (χ2v) is 5.13. The molecule has 20 heavy (non-hydrogen) atoms. The molecule has 0 aromatic rings. The topological polar surface area (TPSA) is 76.8 Å². The molecule has 1 heterocycles. The van der Waals surface area contributed by atoms with Gasteiger partial charge in [-0.1, -0.05) is 19.3 Å². The zero-order valence-electron chi connectivity index (χ0n) is 12.4. The van der Waals surface area contributed by atoms with Crippen molar-refractivity contribution < 1.29 is 14.4 Å². The molecule has 0 radical (unpaired) electrons. The Balaban J connectivity index is 1.84. The molecule has 6 heteroatoms. The summed E-state index contributed by atoms with van der Waals surface area (Å²) in [7, 11) is 0. The number of carbonyl (C=O) groups excluding carboxylic acids is 1. The normalized spacial score (nSPS) is 16.2. The zero-order chi connectivity index (χ0) is 14.5. The van der Waals surface area contributed by atoms with Crippen LogP contribution in [0.25, 0.3) is 0 Å². The van der Waals surface area contributed by atoms with E-state index in [1.54, 1.807) is 0 Å². The van der Waals surface area contributed by atoms with Crippen molar-refractivity contribution in [2.45, 2.75) is 38.5 Å². The summed E-state index contributed by atoms with van der Waals surface area (Å²) in [6.07, 6.45) is 5.94. The van der Waals surface area contributed by atoms with Gasteiger partial charge in [0, 0.05) is 26.1 Å². The number of hydrogen-bond acceptors (Lipinski definition) is 5. The minimum atomic E-state index is -0.0224. The Kier molecular flexibility index (Phi) is 10.5. The first-order chi connectivity index (χ1) is 9.83. The number of nitrogens with zero attached hydrogens (tertiary/aromatic N) is 1. The monoisotopic (exact) mass is 287 g/mol. The Morgan fingerprint density at radius 3 is 2.60 bits per heavy atom. The van der Waals surface area contributed by atoms with E-state index in [2.05, 4.69) is 10.4 Å². The maximum absolute atomic E-state index is 11.5. The van der Waals surface area contributed by atoms with Crippen LogP contribution in [0.5, 0.6) is 0 Å². The molecule has 0 aromatic carbocycles.